The Morgan fingerprint density at radius 2 is 2.12 bits per heavy atom. The van der Waals surface area contributed by atoms with Gasteiger partial charge in [-0.1, -0.05) is 30.3 Å². The highest BCUT2D eigenvalue weighted by Gasteiger charge is 2.04. The highest BCUT2D eigenvalue weighted by atomic mass is 16.5. The van der Waals surface area contributed by atoms with Crippen LogP contribution < -0.4 is 0 Å². The van der Waals surface area contributed by atoms with Crippen LogP contribution in [0, 0.1) is 0 Å². The third kappa shape index (κ3) is 2.91. The summed E-state index contributed by atoms with van der Waals surface area (Å²) < 4.78 is 6.50. The van der Waals surface area contributed by atoms with Gasteiger partial charge in [0, 0.05) is 0 Å². The van der Waals surface area contributed by atoms with E-state index in [1.165, 1.54) is 17.3 Å². The first-order valence-electron chi connectivity index (χ1n) is 4.86. The van der Waals surface area contributed by atoms with Gasteiger partial charge < -0.3 is 4.74 Å². The van der Waals surface area contributed by atoms with E-state index in [9.17, 15) is 4.79 Å². The maximum Gasteiger partial charge on any atom is 0.328 e. The molecule has 2 rings (SSSR count). The lowest BCUT2D eigenvalue weighted by Gasteiger charge is -2.04. The van der Waals surface area contributed by atoms with Gasteiger partial charge in [0.1, 0.15) is 25.8 Å². The van der Waals surface area contributed by atoms with E-state index in [1.807, 2.05) is 30.3 Å². The van der Waals surface area contributed by atoms with Gasteiger partial charge in [-0.3, -0.25) is 4.79 Å². The second-order valence-corrected chi connectivity index (χ2v) is 3.24. The summed E-state index contributed by atoms with van der Waals surface area (Å²) in [7, 11) is 0. The van der Waals surface area contributed by atoms with Gasteiger partial charge in [-0.2, -0.15) is 5.10 Å². The molecule has 0 unspecified atom stereocenters. The maximum atomic E-state index is 11.4. The standard InChI is InChI=1S/C11H11N3O2/c15-11(6-14-9-12-8-13-14)16-7-10-4-2-1-3-5-10/h1-5,8-9H,6-7H2. The van der Waals surface area contributed by atoms with Crippen molar-refractivity contribution in [3.05, 3.63) is 48.5 Å². The molecule has 0 fully saturated rings. The Bertz CT molecular complexity index is 440. The Balaban J connectivity index is 1.80. The van der Waals surface area contributed by atoms with Gasteiger partial charge in [-0.05, 0) is 5.56 Å². The Kier molecular flexibility index (Phi) is 3.28. The predicted octanol–water partition coefficient (Wildman–Crippen LogP) is 1.02. The average molecular weight is 217 g/mol. The molecule has 0 amide bonds. The molecule has 0 spiro atoms. The van der Waals surface area contributed by atoms with Gasteiger partial charge in [0.05, 0.1) is 0 Å². The summed E-state index contributed by atoms with van der Waals surface area (Å²) in [4.78, 5) is 15.1. The first-order valence-corrected chi connectivity index (χ1v) is 4.86. The fourth-order valence-corrected chi connectivity index (χ4v) is 1.23. The van der Waals surface area contributed by atoms with Crippen LogP contribution in [0.3, 0.4) is 0 Å². The molecule has 0 atom stereocenters. The van der Waals surface area contributed by atoms with E-state index in [1.54, 1.807) is 0 Å². The van der Waals surface area contributed by atoms with Crippen LogP contribution >= 0.6 is 0 Å². The van der Waals surface area contributed by atoms with E-state index in [-0.39, 0.29) is 19.1 Å². The topological polar surface area (TPSA) is 57.0 Å². The van der Waals surface area contributed by atoms with E-state index in [2.05, 4.69) is 10.1 Å². The number of hydrogen-bond donors (Lipinski definition) is 0. The molecule has 0 N–H and O–H groups in total. The SMILES string of the molecule is O=C(Cn1cncn1)OCc1ccccc1. The summed E-state index contributed by atoms with van der Waals surface area (Å²) in [6, 6.07) is 9.54. The largest absolute Gasteiger partial charge is 0.459 e. The zero-order valence-electron chi connectivity index (χ0n) is 8.61. The molecule has 0 radical (unpaired) electrons. The normalized spacial score (nSPS) is 10.0. The lowest BCUT2D eigenvalue weighted by atomic mass is 10.2. The van der Waals surface area contributed by atoms with Crippen LogP contribution in [0.5, 0.6) is 0 Å². The quantitative estimate of drug-likeness (QED) is 0.717. The van der Waals surface area contributed by atoms with Gasteiger partial charge in [0.2, 0.25) is 0 Å². The smallest absolute Gasteiger partial charge is 0.328 e. The van der Waals surface area contributed by atoms with Gasteiger partial charge >= 0.3 is 5.97 Å². The van der Waals surface area contributed by atoms with Crippen molar-refractivity contribution in [2.24, 2.45) is 0 Å². The first kappa shape index (κ1) is 10.4. The van der Waals surface area contributed by atoms with E-state index in [0.717, 1.165) is 5.56 Å². The summed E-state index contributed by atoms with van der Waals surface area (Å²) in [5.74, 6) is -0.325. The van der Waals surface area contributed by atoms with Gasteiger partial charge in [0.25, 0.3) is 0 Å². The minimum atomic E-state index is -0.325. The molecule has 0 saturated heterocycles. The molecule has 0 aliphatic carbocycles. The lowest BCUT2D eigenvalue weighted by Crippen LogP contribution is -2.13. The number of esters is 1. The molecule has 1 aromatic carbocycles. The summed E-state index contributed by atoms with van der Waals surface area (Å²) in [6.45, 7) is 0.376. The minimum absolute atomic E-state index is 0.0901. The van der Waals surface area contributed by atoms with Crippen molar-refractivity contribution in [2.75, 3.05) is 0 Å². The summed E-state index contributed by atoms with van der Waals surface area (Å²) in [5.41, 5.74) is 0.967. The molecule has 16 heavy (non-hydrogen) atoms. The second-order valence-electron chi connectivity index (χ2n) is 3.24. The van der Waals surface area contributed by atoms with E-state index in [0.29, 0.717) is 0 Å². The second kappa shape index (κ2) is 5.06. The molecule has 0 bridgehead atoms. The number of rotatable bonds is 4. The van der Waals surface area contributed by atoms with Crippen molar-refractivity contribution < 1.29 is 9.53 Å². The Morgan fingerprint density at radius 3 is 2.81 bits per heavy atom. The zero-order chi connectivity index (χ0) is 11.2. The van der Waals surface area contributed by atoms with Crippen LogP contribution in [0.25, 0.3) is 0 Å². The van der Waals surface area contributed by atoms with E-state index < -0.39 is 0 Å². The predicted molar refractivity (Wildman–Crippen MR) is 56.3 cm³/mol. The number of aromatic nitrogens is 3. The summed E-state index contributed by atoms with van der Waals surface area (Å²) in [5, 5.41) is 3.82. The monoisotopic (exact) mass is 217 g/mol. The molecular formula is C11H11N3O2. The fraction of sp³-hybridized carbons (Fsp3) is 0.182. The number of carbonyl (C=O) groups is 1. The molecule has 5 nitrogen and oxygen atoms in total. The van der Waals surface area contributed by atoms with Crippen molar-refractivity contribution in [1.82, 2.24) is 14.8 Å². The van der Waals surface area contributed by atoms with Crippen molar-refractivity contribution in [3.8, 4) is 0 Å². The zero-order valence-corrected chi connectivity index (χ0v) is 8.61. The van der Waals surface area contributed by atoms with Gasteiger partial charge in [-0.15, -0.1) is 0 Å². The van der Waals surface area contributed by atoms with Crippen LogP contribution in [0.1, 0.15) is 5.56 Å². The average Bonchev–Trinajstić information content (AvgIpc) is 2.81. The number of hydrogen-bond acceptors (Lipinski definition) is 4. The Morgan fingerprint density at radius 1 is 1.31 bits per heavy atom. The van der Waals surface area contributed by atoms with Crippen LogP contribution in [0.15, 0.2) is 43.0 Å². The van der Waals surface area contributed by atoms with E-state index in [4.69, 9.17) is 4.74 Å². The van der Waals surface area contributed by atoms with Crippen LogP contribution in [-0.2, 0) is 22.7 Å². The van der Waals surface area contributed by atoms with E-state index >= 15 is 0 Å². The van der Waals surface area contributed by atoms with Crippen molar-refractivity contribution in [2.45, 2.75) is 13.2 Å². The first-order chi connectivity index (χ1) is 7.84. The number of carbonyl (C=O) groups excluding carboxylic acids is 1. The van der Waals surface area contributed by atoms with Crippen LogP contribution in [-0.4, -0.2) is 20.7 Å². The Labute approximate surface area is 92.7 Å². The van der Waals surface area contributed by atoms with Crippen molar-refractivity contribution >= 4 is 5.97 Å². The molecule has 82 valence electrons. The third-order valence-electron chi connectivity index (χ3n) is 2.00. The molecular weight excluding hydrogens is 206 g/mol. The molecule has 2 aromatic rings. The fourth-order valence-electron chi connectivity index (χ4n) is 1.23. The maximum absolute atomic E-state index is 11.4. The third-order valence-corrected chi connectivity index (χ3v) is 2.00. The number of benzene rings is 1. The molecule has 0 aliphatic heterocycles. The number of ether oxygens (including phenoxy) is 1. The van der Waals surface area contributed by atoms with Gasteiger partial charge in [-0.25, -0.2) is 9.67 Å². The Hall–Kier alpha value is -2.17. The highest BCUT2D eigenvalue weighted by molar-refractivity contribution is 5.68. The van der Waals surface area contributed by atoms with Crippen LogP contribution in [0.4, 0.5) is 0 Å². The van der Waals surface area contributed by atoms with Crippen molar-refractivity contribution in [3.63, 3.8) is 0 Å². The van der Waals surface area contributed by atoms with Gasteiger partial charge in [0.15, 0.2) is 0 Å². The number of nitrogens with zero attached hydrogens (tertiary/aromatic N) is 3. The molecule has 1 heterocycles. The highest BCUT2D eigenvalue weighted by Crippen LogP contribution is 2.00. The summed E-state index contributed by atoms with van der Waals surface area (Å²) in [6.07, 6.45) is 2.86. The molecule has 5 heteroatoms. The lowest BCUT2D eigenvalue weighted by molar-refractivity contribution is -0.145. The van der Waals surface area contributed by atoms with Crippen LogP contribution in [0.2, 0.25) is 0 Å². The molecule has 0 aliphatic rings. The molecule has 1 aromatic heterocycles. The molecule has 0 saturated carbocycles. The minimum Gasteiger partial charge on any atom is -0.459 e. The van der Waals surface area contributed by atoms with Crippen molar-refractivity contribution in [1.29, 1.82) is 0 Å². The summed E-state index contributed by atoms with van der Waals surface area (Å²) >= 11 is 0.